The van der Waals surface area contributed by atoms with Crippen molar-refractivity contribution in [2.24, 2.45) is 4.99 Å². The standard InChI is InChI=1S/C16H28N6O2S/c1-5-17-14(18-10-13-11-25-15(20-13)21(2)3)19-12-6-8-22(9-7-12)16(23)24-4/h11-12H,5-10H2,1-4H3,(H2,17,18,19). The maximum atomic E-state index is 11.5. The maximum Gasteiger partial charge on any atom is 0.409 e. The molecule has 0 spiro atoms. The molecular weight excluding hydrogens is 340 g/mol. The Morgan fingerprint density at radius 2 is 2.20 bits per heavy atom. The van der Waals surface area contributed by atoms with Gasteiger partial charge in [-0.2, -0.15) is 0 Å². The number of aromatic nitrogens is 1. The SMILES string of the molecule is CCNC(=NCc1csc(N(C)C)n1)NC1CCN(C(=O)OC)CC1. The van der Waals surface area contributed by atoms with Crippen molar-refractivity contribution in [3.63, 3.8) is 0 Å². The van der Waals surface area contributed by atoms with Crippen molar-refractivity contribution in [2.75, 3.05) is 45.7 Å². The fourth-order valence-electron chi connectivity index (χ4n) is 2.58. The van der Waals surface area contributed by atoms with Crippen LogP contribution in [0.4, 0.5) is 9.93 Å². The molecule has 0 atom stereocenters. The van der Waals surface area contributed by atoms with Crippen LogP contribution in [0, 0.1) is 0 Å². The van der Waals surface area contributed by atoms with Gasteiger partial charge < -0.3 is 25.2 Å². The Morgan fingerprint density at radius 3 is 2.76 bits per heavy atom. The number of nitrogens with zero attached hydrogens (tertiary/aromatic N) is 4. The number of methoxy groups -OCH3 is 1. The van der Waals surface area contributed by atoms with Crippen molar-refractivity contribution >= 4 is 28.5 Å². The summed E-state index contributed by atoms with van der Waals surface area (Å²) >= 11 is 1.62. The number of guanidine groups is 1. The Labute approximate surface area is 153 Å². The highest BCUT2D eigenvalue weighted by Gasteiger charge is 2.23. The van der Waals surface area contributed by atoms with Crippen LogP contribution in [0.1, 0.15) is 25.5 Å². The van der Waals surface area contributed by atoms with Crippen molar-refractivity contribution in [3.05, 3.63) is 11.1 Å². The van der Waals surface area contributed by atoms with Crippen LogP contribution in [0.3, 0.4) is 0 Å². The number of aliphatic imine (C=N–C) groups is 1. The fraction of sp³-hybridized carbons (Fsp3) is 0.688. The van der Waals surface area contributed by atoms with E-state index in [0.717, 1.165) is 36.2 Å². The van der Waals surface area contributed by atoms with E-state index >= 15 is 0 Å². The number of carbonyl (C=O) groups is 1. The summed E-state index contributed by atoms with van der Waals surface area (Å²) in [6.45, 7) is 4.78. The first-order chi connectivity index (χ1) is 12.0. The van der Waals surface area contributed by atoms with Gasteiger partial charge >= 0.3 is 6.09 Å². The predicted molar refractivity (Wildman–Crippen MR) is 101 cm³/mol. The van der Waals surface area contributed by atoms with E-state index in [1.54, 1.807) is 16.2 Å². The average molecular weight is 369 g/mol. The van der Waals surface area contributed by atoms with E-state index in [-0.39, 0.29) is 6.09 Å². The fourth-order valence-corrected chi connectivity index (χ4v) is 3.33. The molecule has 0 saturated carbocycles. The highest BCUT2D eigenvalue weighted by atomic mass is 32.1. The average Bonchev–Trinajstić information content (AvgIpc) is 3.09. The molecule has 1 aromatic rings. The molecule has 1 aliphatic heterocycles. The molecule has 140 valence electrons. The van der Waals surface area contributed by atoms with Crippen LogP contribution in [-0.2, 0) is 11.3 Å². The number of amides is 1. The molecule has 2 N–H and O–H groups in total. The third-order valence-electron chi connectivity index (χ3n) is 3.93. The van der Waals surface area contributed by atoms with Crippen LogP contribution in [0.2, 0.25) is 0 Å². The first-order valence-corrected chi connectivity index (χ1v) is 9.41. The summed E-state index contributed by atoms with van der Waals surface area (Å²) < 4.78 is 4.77. The van der Waals surface area contributed by atoms with Gasteiger partial charge in [-0.15, -0.1) is 11.3 Å². The van der Waals surface area contributed by atoms with Gasteiger partial charge in [-0.05, 0) is 19.8 Å². The number of hydrogen-bond acceptors (Lipinski definition) is 6. The van der Waals surface area contributed by atoms with E-state index in [2.05, 4.69) is 20.6 Å². The molecule has 1 aliphatic rings. The smallest absolute Gasteiger partial charge is 0.409 e. The molecule has 0 radical (unpaired) electrons. The first-order valence-electron chi connectivity index (χ1n) is 8.53. The minimum absolute atomic E-state index is 0.251. The molecule has 1 fully saturated rings. The normalized spacial score (nSPS) is 15.8. The van der Waals surface area contributed by atoms with Crippen LogP contribution in [-0.4, -0.2) is 68.8 Å². The van der Waals surface area contributed by atoms with Gasteiger partial charge in [0.1, 0.15) is 0 Å². The number of ether oxygens (including phenoxy) is 1. The zero-order chi connectivity index (χ0) is 18.2. The van der Waals surface area contributed by atoms with Crippen LogP contribution >= 0.6 is 11.3 Å². The largest absolute Gasteiger partial charge is 0.453 e. The zero-order valence-electron chi connectivity index (χ0n) is 15.4. The Hall–Kier alpha value is -2.03. The number of thiazole rings is 1. The highest BCUT2D eigenvalue weighted by molar-refractivity contribution is 7.13. The van der Waals surface area contributed by atoms with E-state index in [4.69, 9.17) is 4.74 Å². The third kappa shape index (κ3) is 5.77. The molecule has 8 nitrogen and oxygen atoms in total. The summed E-state index contributed by atoms with van der Waals surface area (Å²) in [5.74, 6) is 0.790. The van der Waals surface area contributed by atoms with Gasteiger partial charge in [0.25, 0.3) is 0 Å². The number of nitrogens with one attached hydrogen (secondary N) is 2. The number of carbonyl (C=O) groups excluding carboxylic acids is 1. The van der Waals surface area contributed by atoms with E-state index in [9.17, 15) is 4.79 Å². The Kier molecular flexibility index (Phi) is 7.30. The van der Waals surface area contributed by atoms with Crippen molar-refractivity contribution < 1.29 is 9.53 Å². The van der Waals surface area contributed by atoms with Crippen LogP contribution in [0.15, 0.2) is 10.4 Å². The number of anilines is 1. The summed E-state index contributed by atoms with van der Waals surface area (Å²) in [5.41, 5.74) is 0.964. The molecule has 1 aromatic heterocycles. The molecule has 0 bridgehead atoms. The summed E-state index contributed by atoms with van der Waals surface area (Å²) in [6.07, 6.45) is 1.50. The van der Waals surface area contributed by atoms with Crippen molar-refractivity contribution in [1.82, 2.24) is 20.5 Å². The molecule has 9 heteroatoms. The summed E-state index contributed by atoms with van der Waals surface area (Å²) in [6, 6.07) is 0.298. The second kappa shape index (κ2) is 9.45. The van der Waals surface area contributed by atoms with Crippen molar-refractivity contribution in [2.45, 2.75) is 32.4 Å². The van der Waals surface area contributed by atoms with Gasteiger partial charge in [-0.3, -0.25) is 0 Å². The second-order valence-corrected chi connectivity index (χ2v) is 6.92. The van der Waals surface area contributed by atoms with E-state index in [0.29, 0.717) is 25.7 Å². The van der Waals surface area contributed by atoms with Gasteiger partial charge in [0.05, 0.1) is 19.3 Å². The van der Waals surface area contributed by atoms with Gasteiger partial charge in [0.2, 0.25) is 0 Å². The minimum atomic E-state index is -0.251. The lowest BCUT2D eigenvalue weighted by molar-refractivity contribution is 0.111. The third-order valence-corrected chi connectivity index (χ3v) is 4.99. The summed E-state index contributed by atoms with van der Waals surface area (Å²) in [7, 11) is 5.39. The molecule has 2 rings (SSSR count). The molecule has 0 unspecified atom stereocenters. The van der Waals surface area contributed by atoms with Gasteiger partial charge in [-0.1, -0.05) is 0 Å². The Morgan fingerprint density at radius 1 is 1.48 bits per heavy atom. The molecule has 1 amide bonds. The molecule has 1 saturated heterocycles. The lowest BCUT2D eigenvalue weighted by atomic mass is 10.1. The predicted octanol–water partition coefficient (Wildman–Crippen LogP) is 1.50. The summed E-state index contributed by atoms with van der Waals surface area (Å²) in [5, 5.41) is 9.76. The number of hydrogen-bond donors (Lipinski definition) is 2. The summed E-state index contributed by atoms with van der Waals surface area (Å²) in [4.78, 5) is 24.5. The lowest BCUT2D eigenvalue weighted by Crippen LogP contribution is -2.49. The van der Waals surface area contributed by atoms with Gasteiger partial charge in [0, 0.05) is 45.2 Å². The topological polar surface area (TPSA) is 82.1 Å². The molecule has 0 aromatic carbocycles. The van der Waals surface area contributed by atoms with E-state index in [1.807, 2.05) is 31.3 Å². The van der Waals surface area contributed by atoms with Crippen molar-refractivity contribution in [3.8, 4) is 0 Å². The molecule has 25 heavy (non-hydrogen) atoms. The molecule has 0 aliphatic carbocycles. The number of likely N-dealkylation sites (tertiary alicyclic amines) is 1. The van der Waals surface area contributed by atoms with Crippen LogP contribution < -0.4 is 15.5 Å². The first kappa shape index (κ1) is 19.3. The van der Waals surface area contributed by atoms with E-state index in [1.165, 1.54) is 7.11 Å². The monoisotopic (exact) mass is 368 g/mol. The Balaban J connectivity index is 1.88. The molecular formula is C16H28N6O2S. The van der Waals surface area contributed by atoms with Crippen LogP contribution in [0.5, 0.6) is 0 Å². The lowest BCUT2D eigenvalue weighted by Gasteiger charge is -2.32. The van der Waals surface area contributed by atoms with Gasteiger partial charge in [-0.25, -0.2) is 14.8 Å². The van der Waals surface area contributed by atoms with E-state index < -0.39 is 0 Å². The number of rotatable bonds is 5. The maximum absolute atomic E-state index is 11.5. The Bertz CT molecular complexity index is 581. The second-order valence-electron chi connectivity index (χ2n) is 6.09. The quantitative estimate of drug-likeness (QED) is 0.605. The van der Waals surface area contributed by atoms with Gasteiger partial charge in [0.15, 0.2) is 11.1 Å². The zero-order valence-corrected chi connectivity index (χ0v) is 16.2. The minimum Gasteiger partial charge on any atom is -0.453 e. The highest BCUT2D eigenvalue weighted by Crippen LogP contribution is 2.18. The molecule has 2 heterocycles. The van der Waals surface area contributed by atoms with Crippen LogP contribution in [0.25, 0.3) is 0 Å². The number of piperidine rings is 1. The van der Waals surface area contributed by atoms with Crippen molar-refractivity contribution in [1.29, 1.82) is 0 Å².